The van der Waals surface area contributed by atoms with Crippen LogP contribution in [0.5, 0.6) is 0 Å². The Bertz CT molecular complexity index is 798. The van der Waals surface area contributed by atoms with E-state index in [2.05, 4.69) is 10.0 Å². The van der Waals surface area contributed by atoms with Crippen molar-refractivity contribution in [3.63, 3.8) is 0 Å². The summed E-state index contributed by atoms with van der Waals surface area (Å²) in [6.07, 6.45) is 1.20. The molecule has 0 saturated heterocycles. The molecule has 0 saturated carbocycles. The molecule has 6 heteroatoms. The van der Waals surface area contributed by atoms with Crippen molar-refractivity contribution < 1.29 is 13.2 Å². The van der Waals surface area contributed by atoms with E-state index in [4.69, 9.17) is 0 Å². The highest BCUT2D eigenvalue weighted by molar-refractivity contribution is 7.89. The fourth-order valence-corrected chi connectivity index (χ4v) is 3.63. The molecule has 1 amide bonds. The van der Waals surface area contributed by atoms with Crippen LogP contribution in [0.1, 0.15) is 23.1 Å². The third kappa shape index (κ3) is 7.07. The summed E-state index contributed by atoms with van der Waals surface area (Å²) in [4.78, 5) is 11.9. The van der Waals surface area contributed by atoms with Gasteiger partial charge in [-0.2, -0.15) is 0 Å². The first-order valence-electron chi connectivity index (χ1n) is 8.23. The maximum absolute atomic E-state index is 12.0. The molecule has 2 aromatic rings. The van der Waals surface area contributed by atoms with Crippen molar-refractivity contribution in [1.29, 1.82) is 0 Å². The van der Waals surface area contributed by atoms with Gasteiger partial charge >= 0.3 is 0 Å². The minimum absolute atomic E-state index is 0.00126. The van der Waals surface area contributed by atoms with Crippen molar-refractivity contribution in [2.75, 3.05) is 17.6 Å². The van der Waals surface area contributed by atoms with Gasteiger partial charge in [0.1, 0.15) is 0 Å². The first-order valence-corrected chi connectivity index (χ1v) is 9.89. The Morgan fingerprint density at radius 1 is 1.00 bits per heavy atom. The number of carbonyl (C=O) groups excluding carboxylic acids is 1. The van der Waals surface area contributed by atoms with Crippen LogP contribution in [0, 0.1) is 13.8 Å². The van der Waals surface area contributed by atoms with E-state index in [1.54, 1.807) is 0 Å². The Balaban J connectivity index is 1.77. The molecule has 0 atom stereocenters. The van der Waals surface area contributed by atoms with Gasteiger partial charge in [0.25, 0.3) is 0 Å². The standard InChI is InChI=1S/C19H24N2O3S/c1-15-11-16(2)13-18(12-15)21-19(22)14-20-25(23,24)10-6-9-17-7-4-3-5-8-17/h3-5,7-8,11-13,20H,6,9-10,14H2,1-2H3,(H,21,22). The Morgan fingerprint density at radius 2 is 1.64 bits per heavy atom. The lowest BCUT2D eigenvalue weighted by Gasteiger charge is -2.09. The van der Waals surface area contributed by atoms with Gasteiger partial charge in [0.05, 0.1) is 12.3 Å². The van der Waals surface area contributed by atoms with Crippen molar-refractivity contribution in [3.8, 4) is 0 Å². The number of rotatable bonds is 8. The van der Waals surface area contributed by atoms with E-state index >= 15 is 0 Å². The zero-order valence-electron chi connectivity index (χ0n) is 14.6. The number of hydrogen-bond donors (Lipinski definition) is 2. The number of carbonyl (C=O) groups is 1. The summed E-state index contributed by atoms with van der Waals surface area (Å²) < 4.78 is 26.3. The molecule has 5 nitrogen and oxygen atoms in total. The molecule has 2 rings (SSSR count). The van der Waals surface area contributed by atoms with Crippen LogP contribution in [0.25, 0.3) is 0 Å². The topological polar surface area (TPSA) is 75.3 Å². The molecule has 25 heavy (non-hydrogen) atoms. The van der Waals surface area contributed by atoms with Crippen LogP contribution < -0.4 is 10.0 Å². The van der Waals surface area contributed by atoms with E-state index in [9.17, 15) is 13.2 Å². The van der Waals surface area contributed by atoms with Gasteiger partial charge in [0.15, 0.2) is 0 Å². The molecule has 0 bridgehead atoms. The number of aryl methyl sites for hydroxylation is 3. The molecular formula is C19H24N2O3S. The first kappa shape index (κ1) is 19.1. The number of hydrogen-bond acceptors (Lipinski definition) is 3. The minimum Gasteiger partial charge on any atom is -0.325 e. The fraction of sp³-hybridized carbons (Fsp3) is 0.316. The van der Waals surface area contributed by atoms with E-state index in [0.29, 0.717) is 18.5 Å². The van der Waals surface area contributed by atoms with Crippen LogP contribution in [-0.2, 0) is 21.2 Å². The zero-order valence-corrected chi connectivity index (χ0v) is 15.4. The molecule has 0 aliphatic carbocycles. The lowest BCUT2D eigenvalue weighted by atomic mass is 10.1. The van der Waals surface area contributed by atoms with Crippen molar-refractivity contribution >= 4 is 21.6 Å². The Kier molecular flexibility index (Phi) is 6.73. The van der Waals surface area contributed by atoms with Gasteiger partial charge in [-0.3, -0.25) is 4.79 Å². The maximum Gasteiger partial charge on any atom is 0.239 e. The molecule has 0 spiro atoms. The molecule has 0 unspecified atom stereocenters. The average Bonchev–Trinajstić information content (AvgIpc) is 2.53. The fourth-order valence-electron chi connectivity index (χ4n) is 2.61. The van der Waals surface area contributed by atoms with E-state index in [1.165, 1.54) is 0 Å². The molecule has 0 aliphatic rings. The monoisotopic (exact) mass is 360 g/mol. The van der Waals surface area contributed by atoms with Crippen LogP contribution in [0.4, 0.5) is 5.69 Å². The summed E-state index contributed by atoms with van der Waals surface area (Å²) in [7, 11) is -3.47. The number of nitrogens with one attached hydrogen (secondary N) is 2. The number of anilines is 1. The van der Waals surface area contributed by atoms with Gasteiger partial charge in [0, 0.05) is 5.69 Å². The van der Waals surface area contributed by atoms with Crippen molar-refractivity contribution in [2.24, 2.45) is 0 Å². The number of sulfonamides is 1. The molecule has 0 aliphatic heterocycles. The summed E-state index contributed by atoms with van der Waals surface area (Å²) in [5.74, 6) is -0.379. The molecular weight excluding hydrogens is 336 g/mol. The van der Waals surface area contributed by atoms with Gasteiger partial charge in [-0.05, 0) is 55.5 Å². The Hall–Kier alpha value is -2.18. The summed E-state index contributed by atoms with van der Waals surface area (Å²) >= 11 is 0. The van der Waals surface area contributed by atoms with Gasteiger partial charge < -0.3 is 5.32 Å². The lowest BCUT2D eigenvalue weighted by molar-refractivity contribution is -0.115. The van der Waals surface area contributed by atoms with Crippen LogP contribution in [0.3, 0.4) is 0 Å². The third-order valence-electron chi connectivity index (χ3n) is 3.68. The average molecular weight is 360 g/mol. The van der Waals surface area contributed by atoms with E-state index in [0.717, 1.165) is 16.7 Å². The molecule has 134 valence electrons. The molecule has 2 aromatic carbocycles. The lowest BCUT2D eigenvalue weighted by Crippen LogP contribution is -2.34. The van der Waals surface area contributed by atoms with E-state index < -0.39 is 10.0 Å². The van der Waals surface area contributed by atoms with Gasteiger partial charge in [-0.1, -0.05) is 36.4 Å². The SMILES string of the molecule is Cc1cc(C)cc(NC(=O)CNS(=O)(=O)CCCc2ccccc2)c1. The highest BCUT2D eigenvalue weighted by Gasteiger charge is 2.12. The predicted molar refractivity (Wildman–Crippen MR) is 101 cm³/mol. The number of amides is 1. The Morgan fingerprint density at radius 3 is 2.28 bits per heavy atom. The second kappa shape index (κ2) is 8.78. The van der Waals surface area contributed by atoms with E-state index in [1.807, 2.05) is 62.4 Å². The van der Waals surface area contributed by atoms with Crippen LogP contribution >= 0.6 is 0 Å². The molecule has 0 aromatic heterocycles. The third-order valence-corrected chi connectivity index (χ3v) is 5.09. The van der Waals surface area contributed by atoms with Crippen molar-refractivity contribution in [1.82, 2.24) is 4.72 Å². The largest absolute Gasteiger partial charge is 0.325 e. The summed E-state index contributed by atoms with van der Waals surface area (Å²) in [6.45, 7) is 3.62. The quantitative estimate of drug-likeness (QED) is 0.760. The predicted octanol–water partition coefficient (Wildman–Crippen LogP) is 2.79. The van der Waals surface area contributed by atoms with Crippen molar-refractivity contribution in [3.05, 3.63) is 65.2 Å². The second-order valence-electron chi connectivity index (χ2n) is 6.15. The maximum atomic E-state index is 12.0. The Labute approximate surface area is 149 Å². The van der Waals surface area contributed by atoms with Crippen LogP contribution in [0.2, 0.25) is 0 Å². The molecule has 0 fully saturated rings. The highest BCUT2D eigenvalue weighted by Crippen LogP contribution is 2.13. The first-order chi connectivity index (χ1) is 11.8. The van der Waals surface area contributed by atoms with Gasteiger partial charge in [-0.25, -0.2) is 13.1 Å². The molecule has 2 N–H and O–H groups in total. The number of benzene rings is 2. The highest BCUT2D eigenvalue weighted by atomic mass is 32.2. The van der Waals surface area contributed by atoms with Gasteiger partial charge in [-0.15, -0.1) is 0 Å². The summed E-state index contributed by atoms with van der Waals surface area (Å²) in [5.41, 5.74) is 3.85. The minimum atomic E-state index is -3.47. The van der Waals surface area contributed by atoms with Gasteiger partial charge in [0.2, 0.25) is 15.9 Å². The van der Waals surface area contributed by atoms with Crippen LogP contribution in [-0.4, -0.2) is 26.6 Å². The normalized spacial score (nSPS) is 11.3. The van der Waals surface area contributed by atoms with Crippen LogP contribution in [0.15, 0.2) is 48.5 Å². The van der Waals surface area contributed by atoms with Crippen molar-refractivity contribution in [2.45, 2.75) is 26.7 Å². The summed E-state index contributed by atoms with van der Waals surface area (Å²) in [5, 5.41) is 2.71. The zero-order chi connectivity index (χ0) is 18.3. The molecule has 0 radical (unpaired) electrons. The molecule has 0 heterocycles. The second-order valence-corrected chi connectivity index (χ2v) is 8.08. The smallest absolute Gasteiger partial charge is 0.239 e. The summed E-state index contributed by atoms with van der Waals surface area (Å²) in [6, 6.07) is 15.4. The van der Waals surface area contributed by atoms with E-state index in [-0.39, 0.29) is 18.2 Å².